The van der Waals surface area contributed by atoms with Crippen LogP contribution in [-0.4, -0.2) is 45.3 Å². The monoisotopic (exact) mass is 438 g/mol. The van der Waals surface area contributed by atoms with E-state index >= 15 is 0 Å². The molecule has 1 aliphatic carbocycles. The number of amides is 1. The maximum atomic E-state index is 13.6. The minimum Gasteiger partial charge on any atom is -0.328 e. The smallest absolute Gasteiger partial charge is 0.255 e. The van der Waals surface area contributed by atoms with Gasteiger partial charge in [0.25, 0.3) is 11.5 Å². The zero-order chi connectivity index (χ0) is 22.1. The second-order valence-corrected chi connectivity index (χ2v) is 9.53. The molecular weight excluding hydrogens is 407 g/mol. The Kier molecular flexibility index (Phi) is 6.09. The fraction of sp³-hybridized carbons (Fsp3) is 0.560. The summed E-state index contributed by atoms with van der Waals surface area (Å²) < 4.78 is 13.6. The summed E-state index contributed by atoms with van der Waals surface area (Å²) in [7, 11) is 0. The highest BCUT2D eigenvalue weighted by Crippen LogP contribution is 2.32. The molecule has 0 radical (unpaired) electrons. The number of carbonyl (C=O) groups is 1. The Bertz CT molecular complexity index is 1050. The molecule has 2 aliphatic heterocycles. The van der Waals surface area contributed by atoms with Crippen molar-refractivity contribution in [1.29, 1.82) is 0 Å². The van der Waals surface area contributed by atoms with Crippen LogP contribution in [0.1, 0.15) is 78.4 Å². The molecule has 170 valence electrons. The second-order valence-electron chi connectivity index (χ2n) is 9.53. The fourth-order valence-corrected chi connectivity index (χ4v) is 5.63. The van der Waals surface area contributed by atoms with E-state index in [4.69, 9.17) is 4.98 Å². The quantitative estimate of drug-likeness (QED) is 0.788. The molecule has 0 spiro atoms. The SMILES string of the molecule is O=C(c1cccc(F)c1)N1CCC[C@@H]1c1nc2c(c(=O)[nH]1)CN(CC1CCCCC1)CC2. The molecule has 1 saturated heterocycles. The van der Waals surface area contributed by atoms with Crippen LogP contribution in [0.15, 0.2) is 29.1 Å². The highest BCUT2D eigenvalue weighted by Gasteiger charge is 2.34. The molecule has 3 aliphatic rings. The Morgan fingerprint density at radius 1 is 1.12 bits per heavy atom. The molecule has 1 aromatic heterocycles. The number of likely N-dealkylation sites (tertiary alicyclic amines) is 1. The summed E-state index contributed by atoms with van der Waals surface area (Å²) in [6.07, 6.45) is 8.95. The standard InChI is InChI=1S/C25H31FN4O2/c26-19-9-4-8-18(14-19)25(32)30-12-5-10-22(30)23-27-21-11-13-29(16-20(21)24(31)28-23)15-17-6-2-1-3-7-17/h4,8-9,14,17,22H,1-3,5-7,10-13,15-16H2,(H,27,28,31)/t22-/m1/s1. The number of halogens is 1. The minimum absolute atomic E-state index is 0.0802. The van der Waals surface area contributed by atoms with Gasteiger partial charge in [-0.3, -0.25) is 14.5 Å². The number of fused-ring (bicyclic) bond motifs is 1. The first-order valence-electron chi connectivity index (χ1n) is 12.0. The van der Waals surface area contributed by atoms with Gasteiger partial charge in [-0.2, -0.15) is 0 Å². The molecule has 1 aromatic carbocycles. The molecule has 2 fully saturated rings. The van der Waals surface area contributed by atoms with E-state index in [1.165, 1.54) is 44.2 Å². The van der Waals surface area contributed by atoms with Crippen LogP contribution in [0.25, 0.3) is 0 Å². The fourth-order valence-electron chi connectivity index (χ4n) is 5.63. The summed E-state index contributed by atoms with van der Waals surface area (Å²) >= 11 is 0. The second kappa shape index (κ2) is 9.14. The van der Waals surface area contributed by atoms with Gasteiger partial charge in [0, 0.05) is 38.2 Å². The van der Waals surface area contributed by atoms with E-state index in [0.717, 1.165) is 49.5 Å². The van der Waals surface area contributed by atoms with Gasteiger partial charge in [-0.25, -0.2) is 9.37 Å². The van der Waals surface area contributed by atoms with E-state index in [0.29, 0.717) is 24.5 Å². The summed E-state index contributed by atoms with van der Waals surface area (Å²) in [5, 5.41) is 0. The van der Waals surface area contributed by atoms with Crippen molar-refractivity contribution < 1.29 is 9.18 Å². The van der Waals surface area contributed by atoms with Crippen LogP contribution >= 0.6 is 0 Å². The normalized spacial score (nSPS) is 22.2. The molecule has 1 saturated carbocycles. The molecule has 6 nitrogen and oxygen atoms in total. The minimum atomic E-state index is -0.426. The van der Waals surface area contributed by atoms with Crippen LogP contribution in [-0.2, 0) is 13.0 Å². The number of H-pyrrole nitrogens is 1. The third-order valence-corrected chi connectivity index (χ3v) is 7.31. The lowest BCUT2D eigenvalue weighted by atomic mass is 9.88. The van der Waals surface area contributed by atoms with Crippen LogP contribution < -0.4 is 5.56 Å². The molecule has 5 rings (SSSR count). The van der Waals surface area contributed by atoms with Crippen LogP contribution in [0.3, 0.4) is 0 Å². The van der Waals surface area contributed by atoms with Crippen molar-refractivity contribution in [3.63, 3.8) is 0 Å². The number of hydrogen-bond donors (Lipinski definition) is 1. The molecule has 1 amide bonds. The van der Waals surface area contributed by atoms with Crippen molar-refractivity contribution in [2.24, 2.45) is 5.92 Å². The molecular formula is C25H31FN4O2. The lowest BCUT2D eigenvalue weighted by Crippen LogP contribution is -2.40. The van der Waals surface area contributed by atoms with Crippen LogP contribution in [0.2, 0.25) is 0 Å². The van der Waals surface area contributed by atoms with Crippen LogP contribution in [0.5, 0.6) is 0 Å². The Morgan fingerprint density at radius 2 is 1.97 bits per heavy atom. The Labute approximate surface area is 187 Å². The number of aromatic amines is 1. The topological polar surface area (TPSA) is 69.3 Å². The third kappa shape index (κ3) is 4.35. The molecule has 2 aromatic rings. The largest absolute Gasteiger partial charge is 0.328 e. The van der Waals surface area contributed by atoms with Crippen LogP contribution in [0, 0.1) is 11.7 Å². The highest BCUT2D eigenvalue weighted by molar-refractivity contribution is 5.94. The van der Waals surface area contributed by atoms with Crippen LogP contribution in [0.4, 0.5) is 4.39 Å². The average molecular weight is 439 g/mol. The lowest BCUT2D eigenvalue weighted by molar-refractivity contribution is 0.0728. The molecule has 32 heavy (non-hydrogen) atoms. The first kappa shape index (κ1) is 21.3. The van der Waals surface area contributed by atoms with E-state index < -0.39 is 5.82 Å². The molecule has 0 unspecified atom stereocenters. The number of nitrogens with zero attached hydrogens (tertiary/aromatic N) is 3. The first-order valence-corrected chi connectivity index (χ1v) is 12.0. The number of benzene rings is 1. The van der Waals surface area contributed by atoms with Gasteiger partial charge in [0.2, 0.25) is 0 Å². The van der Waals surface area contributed by atoms with Crippen molar-refractivity contribution in [2.75, 3.05) is 19.6 Å². The summed E-state index contributed by atoms with van der Waals surface area (Å²) in [5.74, 6) is 0.671. The number of carbonyl (C=O) groups excluding carboxylic acids is 1. The Balaban J connectivity index is 1.33. The van der Waals surface area contributed by atoms with Gasteiger partial charge in [-0.1, -0.05) is 25.3 Å². The van der Waals surface area contributed by atoms with E-state index in [1.54, 1.807) is 17.0 Å². The van der Waals surface area contributed by atoms with E-state index in [-0.39, 0.29) is 17.5 Å². The van der Waals surface area contributed by atoms with Crippen molar-refractivity contribution >= 4 is 5.91 Å². The summed E-state index contributed by atoms with van der Waals surface area (Å²) in [4.78, 5) is 38.0. The average Bonchev–Trinajstić information content (AvgIpc) is 3.29. The molecule has 1 N–H and O–H groups in total. The van der Waals surface area contributed by atoms with Gasteiger partial charge in [0.1, 0.15) is 11.6 Å². The number of rotatable bonds is 4. The number of aromatic nitrogens is 2. The van der Waals surface area contributed by atoms with Gasteiger partial charge >= 0.3 is 0 Å². The van der Waals surface area contributed by atoms with Gasteiger partial charge in [-0.15, -0.1) is 0 Å². The third-order valence-electron chi connectivity index (χ3n) is 7.31. The van der Waals surface area contributed by atoms with Crippen molar-refractivity contribution in [1.82, 2.24) is 19.8 Å². The predicted octanol–water partition coefficient (Wildman–Crippen LogP) is 3.82. The molecule has 7 heteroatoms. The van der Waals surface area contributed by atoms with Gasteiger partial charge in [0.05, 0.1) is 17.3 Å². The summed E-state index contributed by atoms with van der Waals surface area (Å²) in [6, 6.07) is 5.50. The Morgan fingerprint density at radius 3 is 2.78 bits per heavy atom. The highest BCUT2D eigenvalue weighted by atomic mass is 19.1. The zero-order valence-corrected chi connectivity index (χ0v) is 18.5. The maximum Gasteiger partial charge on any atom is 0.255 e. The molecule has 3 heterocycles. The Hall–Kier alpha value is -2.54. The lowest BCUT2D eigenvalue weighted by Gasteiger charge is -2.33. The van der Waals surface area contributed by atoms with Gasteiger partial charge in [0.15, 0.2) is 0 Å². The molecule has 1 atom stereocenters. The van der Waals surface area contributed by atoms with Crippen molar-refractivity contribution in [3.8, 4) is 0 Å². The number of nitrogens with one attached hydrogen (secondary N) is 1. The molecule has 0 bridgehead atoms. The zero-order valence-electron chi connectivity index (χ0n) is 18.5. The summed E-state index contributed by atoms with van der Waals surface area (Å²) in [5.41, 5.74) is 1.89. The number of hydrogen-bond acceptors (Lipinski definition) is 4. The van der Waals surface area contributed by atoms with E-state index in [9.17, 15) is 14.0 Å². The maximum absolute atomic E-state index is 13.6. The van der Waals surface area contributed by atoms with E-state index in [2.05, 4.69) is 9.88 Å². The van der Waals surface area contributed by atoms with E-state index in [1.807, 2.05) is 0 Å². The first-order chi connectivity index (χ1) is 15.6. The van der Waals surface area contributed by atoms with Crippen molar-refractivity contribution in [3.05, 3.63) is 63.1 Å². The van der Waals surface area contributed by atoms with Crippen molar-refractivity contribution in [2.45, 2.75) is 64.0 Å². The summed E-state index contributed by atoms with van der Waals surface area (Å²) in [6.45, 7) is 3.23. The van der Waals surface area contributed by atoms with Gasteiger partial charge in [-0.05, 0) is 49.8 Å². The van der Waals surface area contributed by atoms with Gasteiger partial charge < -0.3 is 9.88 Å². The predicted molar refractivity (Wildman–Crippen MR) is 120 cm³/mol.